The molecule has 0 saturated carbocycles. The number of carbonyl (C=O) groups is 1. The van der Waals surface area contributed by atoms with Gasteiger partial charge in [-0.1, -0.05) is 0 Å². The van der Waals surface area contributed by atoms with Gasteiger partial charge in [0.05, 0.1) is 0 Å². The monoisotopic (exact) mass is 225 g/mol. The van der Waals surface area contributed by atoms with Crippen molar-refractivity contribution in [3.8, 4) is 0 Å². The van der Waals surface area contributed by atoms with Crippen LogP contribution in [0.2, 0.25) is 0 Å². The highest BCUT2D eigenvalue weighted by atomic mass is 79.9. The van der Waals surface area contributed by atoms with Gasteiger partial charge in [0, 0.05) is 11.8 Å². The lowest BCUT2D eigenvalue weighted by atomic mass is 10.3. The molecule has 2 aromatic heterocycles. The molecule has 60 valence electrons. The van der Waals surface area contributed by atoms with Crippen molar-refractivity contribution in [2.75, 3.05) is 0 Å². The van der Waals surface area contributed by atoms with E-state index in [4.69, 9.17) is 0 Å². The first-order valence-corrected chi connectivity index (χ1v) is 4.06. The van der Waals surface area contributed by atoms with Crippen molar-refractivity contribution in [2.45, 2.75) is 0 Å². The van der Waals surface area contributed by atoms with Crippen molar-refractivity contribution in [1.29, 1.82) is 0 Å². The summed E-state index contributed by atoms with van der Waals surface area (Å²) in [4.78, 5) is 14.4. The normalized spacial score (nSPS) is 10.4. The van der Waals surface area contributed by atoms with Gasteiger partial charge in [0.25, 0.3) is 0 Å². The van der Waals surface area contributed by atoms with Crippen molar-refractivity contribution in [3.63, 3.8) is 0 Å². The zero-order chi connectivity index (χ0) is 8.55. The summed E-state index contributed by atoms with van der Waals surface area (Å²) in [5.74, 6) is 0. The van der Waals surface area contributed by atoms with Gasteiger partial charge in [0.15, 0.2) is 5.65 Å². The number of rotatable bonds is 1. The molecule has 4 nitrogen and oxygen atoms in total. The molecule has 0 aliphatic heterocycles. The molecule has 0 atom stereocenters. The number of fused-ring (bicyclic) bond motifs is 1. The summed E-state index contributed by atoms with van der Waals surface area (Å²) in [6.45, 7) is 0. The minimum Gasteiger partial charge on any atom is -0.298 e. The molecule has 0 unspecified atom stereocenters. The van der Waals surface area contributed by atoms with Gasteiger partial charge in [0.2, 0.25) is 4.73 Å². The van der Waals surface area contributed by atoms with Crippen LogP contribution in [0.4, 0.5) is 0 Å². The first-order chi connectivity index (χ1) is 5.79. The number of hydrogen-bond donors (Lipinski definition) is 0. The van der Waals surface area contributed by atoms with E-state index in [9.17, 15) is 4.79 Å². The number of aldehydes is 1. The van der Waals surface area contributed by atoms with Crippen LogP contribution in [0.25, 0.3) is 5.65 Å². The van der Waals surface area contributed by atoms with Gasteiger partial charge >= 0.3 is 0 Å². The van der Waals surface area contributed by atoms with Crippen LogP contribution in [0.1, 0.15) is 10.4 Å². The van der Waals surface area contributed by atoms with Crippen LogP contribution in [-0.2, 0) is 0 Å². The average molecular weight is 226 g/mol. The fourth-order valence-electron chi connectivity index (χ4n) is 0.944. The Balaban J connectivity index is 2.74. The van der Waals surface area contributed by atoms with Crippen molar-refractivity contribution < 1.29 is 4.79 Å². The molecule has 0 radical (unpaired) electrons. The number of halogens is 1. The molecular weight excluding hydrogens is 222 g/mol. The molecule has 2 aromatic rings. The molecule has 0 spiro atoms. The summed E-state index contributed by atoms with van der Waals surface area (Å²) in [5.41, 5.74) is 1.26. The maximum atomic E-state index is 10.4. The van der Waals surface area contributed by atoms with E-state index in [1.54, 1.807) is 22.8 Å². The minimum atomic E-state index is 0.519. The van der Waals surface area contributed by atoms with E-state index in [0.29, 0.717) is 15.9 Å². The summed E-state index contributed by atoms with van der Waals surface area (Å²) in [5, 5.41) is 3.99. The van der Waals surface area contributed by atoms with E-state index in [2.05, 4.69) is 26.0 Å². The smallest absolute Gasteiger partial charge is 0.218 e. The Labute approximate surface area is 76.4 Å². The molecular formula is C7H4BrN3O. The van der Waals surface area contributed by atoms with E-state index in [0.717, 1.165) is 6.29 Å². The lowest BCUT2D eigenvalue weighted by molar-refractivity contribution is 0.112. The molecule has 0 aromatic carbocycles. The number of pyridine rings is 1. The van der Waals surface area contributed by atoms with Crippen LogP contribution in [0.15, 0.2) is 23.1 Å². The van der Waals surface area contributed by atoms with E-state index < -0.39 is 0 Å². The lowest BCUT2D eigenvalue weighted by Crippen LogP contribution is -1.88. The van der Waals surface area contributed by atoms with Gasteiger partial charge < -0.3 is 0 Å². The molecule has 0 bridgehead atoms. The lowest BCUT2D eigenvalue weighted by Gasteiger charge is -1.90. The van der Waals surface area contributed by atoms with E-state index in [-0.39, 0.29) is 0 Å². The second-order valence-electron chi connectivity index (χ2n) is 2.26. The van der Waals surface area contributed by atoms with Crippen LogP contribution in [0.5, 0.6) is 0 Å². The summed E-state index contributed by atoms with van der Waals surface area (Å²) < 4.78 is 2.11. The molecule has 2 heterocycles. The molecule has 0 fully saturated rings. The Morgan fingerprint density at radius 1 is 1.58 bits per heavy atom. The second-order valence-corrected chi connectivity index (χ2v) is 2.97. The van der Waals surface area contributed by atoms with Gasteiger partial charge in [0.1, 0.15) is 6.29 Å². The molecule has 0 saturated heterocycles. The standard InChI is InChI=1S/C7H4BrN3O/c8-7-9-6-3-5(4-12)1-2-11(6)10-7/h1-4H. The molecule has 12 heavy (non-hydrogen) atoms. The third-order valence-corrected chi connectivity index (χ3v) is 1.81. The largest absolute Gasteiger partial charge is 0.298 e. The van der Waals surface area contributed by atoms with Crippen molar-refractivity contribution in [3.05, 3.63) is 28.6 Å². The zero-order valence-electron chi connectivity index (χ0n) is 5.94. The van der Waals surface area contributed by atoms with Gasteiger partial charge in [-0.05, 0) is 28.1 Å². The highest BCUT2D eigenvalue weighted by molar-refractivity contribution is 9.10. The fourth-order valence-corrected chi connectivity index (χ4v) is 1.30. The van der Waals surface area contributed by atoms with Crippen LogP contribution in [0, 0.1) is 0 Å². The first kappa shape index (κ1) is 7.42. The Morgan fingerprint density at radius 2 is 2.42 bits per heavy atom. The first-order valence-electron chi connectivity index (χ1n) is 3.27. The average Bonchev–Trinajstić information content (AvgIpc) is 2.43. The Morgan fingerprint density at radius 3 is 3.17 bits per heavy atom. The van der Waals surface area contributed by atoms with Gasteiger partial charge in [-0.15, -0.1) is 5.10 Å². The zero-order valence-corrected chi connectivity index (χ0v) is 7.52. The van der Waals surface area contributed by atoms with Crippen LogP contribution >= 0.6 is 15.9 Å². The molecule has 0 amide bonds. The van der Waals surface area contributed by atoms with Gasteiger partial charge in [-0.3, -0.25) is 4.79 Å². The molecule has 0 aliphatic carbocycles. The second kappa shape index (κ2) is 2.67. The number of hydrogen-bond acceptors (Lipinski definition) is 3. The van der Waals surface area contributed by atoms with Gasteiger partial charge in [-0.25, -0.2) is 9.50 Å². The highest BCUT2D eigenvalue weighted by Gasteiger charge is 1.99. The maximum Gasteiger partial charge on any atom is 0.218 e. The van der Waals surface area contributed by atoms with Crippen LogP contribution in [0.3, 0.4) is 0 Å². The highest BCUT2D eigenvalue weighted by Crippen LogP contribution is 2.07. The topological polar surface area (TPSA) is 47.3 Å². The third-order valence-electron chi connectivity index (χ3n) is 1.47. The molecule has 0 aliphatic rings. The number of aromatic nitrogens is 3. The Hall–Kier alpha value is -1.23. The molecule has 0 N–H and O–H groups in total. The summed E-state index contributed by atoms with van der Waals surface area (Å²) in [6, 6.07) is 3.35. The summed E-state index contributed by atoms with van der Waals surface area (Å²) in [6.07, 6.45) is 2.47. The Kier molecular flexibility index (Phi) is 1.65. The van der Waals surface area contributed by atoms with Gasteiger partial charge in [-0.2, -0.15) is 0 Å². The van der Waals surface area contributed by atoms with E-state index >= 15 is 0 Å². The van der Waals surface area contributed by atoms with E-state index in [1.807, 2.05) is 0 Å². The van der Waals surface area contributed by atoms with Crippen LogP contribution < -0.4 is 0 Å². The fraction of sp³-hybridized carbons (Fsp3) is 0. The van der Waals surface area contributed by atoms with Crippen molar-refractivity contribution in [2.24, 2.45) is 0 Å². The molecule has 2 rings (SSSR count). The number of carbonyl (C=O) groups excluding carboxylic acids is 1. The summed E-state index contributed by atoms with van der Waals surface area (Å²) in [7, 11) is 0. The SMILES string of the molecule is O=Cc1ccn2nc(Br)nc2c1. The quantitative estimate of drug-likeness (QED) is 0.688. The number of nitrogens with zero attached hydrogens (tertiary/aromatic N) is 3. The maximum absolute atomic E-state index is 10.4. The predicted molar refractivity (Wildman–Crippen MR) is 46.1 cm³/mol. The molecule has 5 heteroatoms. The summed E-state index contributed by atoms with van der Waals surface area (Å²) >= 11 is 3.14. The van der Waals surface area contributed by atoms with Crippen LogP contribution in [-0.4, -0.2) is 20.9 Å². The van der Waals surface area contributed by atoms with Crippen molar-refractivity contribution in [1.82, 2.24) is 14.6 Å². The predicted octanol–water partition coefficient (Wildman–Crippen LogP) is 1.30. The van der Waals surface area contributed by atoms with E-state index in [1.165, 1.54) is 0 Å². The third kappa shape index (κ3) is 1.12. The van der Waals surface area contributed by atoms with Crippen molar-refractivity contribution >= 4 is 27.9 Å². The minimum absolute atomic E-state index is 0.519. The Bertz CT molecular complexity index is 437.